The molecule has 2 aromatic rings. The Labute approximate surface area is 163 Å². The van der Waals surface area contributed by atoms with Crippen LogP contribution in [-0.2, 0) is 11.2 Å². The highest BCUT2D eigenvalue weighted by atomic mass is 16.7. The molecule has 7 heteroatoms. The van der Waals surface area contributed by atoms with Gasteiger partial charge in [0.25, 0.3) is 5.91 Å². The number of rotatable bonds is 6. The quantitative estimate of drug-likeness (QED) is 0.586. The Hall–Kier alpha value is -2.61. The van der Waals surface area contributed by atoms with Crippen molar-refractivity contribution in [2.75, 3.05) is 26.4 Å². The van der Waals surface area contributed by atoms with Gasteiger partial charge in [0, 0.05) is 19.6 Å². The van der Waals surface area contributed by atoms with Crippen LogP contribution in [0.2, 0.25) is 0 Å². The van der Waals surface area contributed by atoms with Crippen molar-refractivity contribution in [3.63, 3.8) is 0 Å². The average molecular weight is 384 g/mol. The first-order valence-electron chi connectivity index (χ1n) is 9.45. The number of carbonyl (C=O) groups excluding carboxylic acids is 1. The van der Waals surface area contributed by atoms with Crippen LogP contribution in [0.4, 0.5) is 0 Å². The van der Waals surface area contributed by atoms with Crippen molar-refractivity contribution in [3.05, 3.63) is 59.7 Å². The van der Waals surface area contributed by atoms with E-state index >= 15 is 0 Å². The van der Waals surface area contributed by atoms with E-state index < -0.39 is 11.9 Å². The molecule has 0 aliphatic carbocycles. The largest absolute Gasteiger partial charge is 0.454 e. The second kappa shape index (κ2) is 8.18. The summed E-state index contributed by atoms with van der Waals surface area (Å²) in [5, 5.41) is 21.4. The number of hydrogen-bond donors (Lipinski definition) is 2. The third-order valence-electron chi connectivity index (χ3n) is 5.21. The summed E-state index contributed by atoms with van der Waals surface area (Å²) in [7, 11) is 0. The highest BCUT2D eigenvalue weighted by Gasteiger charge is 2.29. The number of carbonyl (C=O) groups is 1. The molecule has 148 valence electrons. The molecule has 0 aromatic heterocycles. The maximum absolute atomic E-state index is 12.8. The lowest BCUT2D eigenvalue weighted by molar-refractivity contribution is -0.177. The van der Waals surface area contributed by atoms with Gasteiger partial charge in [-0.25, -0.2) is 5.06 Å². The molecule has 2 atom stereocenters. The fourth-order valence-corrected chi connectivity index (χ4v) is 3.70. The number of hydrogen-bond acceptors (Lipinski definition) is 6. The Balaban J connectivity index is 1.49. The fourth-order valence-electron chi connectivity index (χ4n) is 3.70. The predicted molar refractivity (Wildman–Crippen MR) is 101 cm³/mol. The normalized spacial score (nSPS) is 19.6. The molecule has 28 heavy (non-hydrogen) atoms. The number of benzene rings is 2. The second-order valence-electron chi connectivity index (χ2n) is 7.23. The number of hydroxylamine groups is 2. The Morgan fingerprint density at radius 1 is 1.18 bits per heavy atom. The van der Waals surface area contributed by atoms with E-state index in [4.69, 9.17) is 9.47 Å². The molecule has 1 saturated heterocycles. The molecule has 7 nitrogen and oxygen atoms in total. The molecule has 1 fully saturated rings. The highest BCUT2D eigenvalue weighted by Crippen LogP contribution is 2.33. The summed E-state index contributed by atoms with van der Waals surface area (Å²) in [4.78, 5) is 14.9. The Morgan fingerprint density at radius 3 is 2.71 bits per heavy atom. The van der Waals surface area contributed by atoms with Crippen LogP contribution < -0.4 is 9.47 Å². The van der Waals surface area contributed by atoms with Crippen LogP contribution in [0, 0.1) is 0 Å². The molecule has 4 rings (SSSR count). The van der Waals surface area contributed by atoms with Crippen molar-refractivity contribution in [1.82, 2.24) is 9.96 Å². The summed E-state index contributed by atoms with van der Waals surface area (Å²) < 4.78 is 10.6. The topological polar surface area (TPSA) is 82.5 Å². The van der Waals surface area contributed by atoms with Crippen LogP contribution >= 0.6 is 0 Å². The molecule has 0 saturated carbocycles. The van der Waals surface area contributed by atoms with Gasteiger partial charge in [-0.3, -0.25) is 14.9 Å². The Morgan fingerprint density at radius 2 is 1.96 bits per heavy atom. The fraction of sp³-hybridized carbons (Fsp3) is 0.381. The zero-order valence-corrected chi connectivity index (χ0v) is 15.5. The van der Waals surface area contributed by atoms with Crippen LogP contribution in [0.15, 0.2) is 48.5 Å². The Bertz CT molecular complexity index is 829. The summed E-state index contributed by atoms with van der Waals surface area (Å²) >= 11 is 0. The van der Waals surface area contributed by atoms with Gasteiger partial charge in [0.1, 0.15) is 0 Å². The summed E-state index contributed by atoms with van der Waals surface area (Å²) in [6, 6.07) is 14.3. The first-order valence-corrected chi connectivity index (χ1v) is 9.45. The molecule has 2 N–H and O–H groups in total. The van der Waals surface area contributed by atoms with Crippen LogP contribution in [0.1, 0.15) is 23.6 Å². The molecule has 0 bridgehead atoms. The van der Waals surface area contributed by atoms with E-state index in [-0.39, 0.29) is 19.3 Å². The second-order valence-corrected chi connectivity index (χ2v) is 7.23. The zero-order chi connectivity index (χ0) is 19.5. The van der Waals surface area contributed by atoms with Crippen LogP contribution in [0.5, 0.6) is 11.5 Å². The minimum atomic E-state index is -0.506. The summed E-state index contributed by atoms with van der Waals surface area (Å²) in [5.74, 6) is 0.875. The molecule has 0 spiro atoms. The molecule has 2 aliphatic rings. The minimum Gasteiger partial charge on any atom is -0.454 e. The molecule has 2 aromatic carbocycles. The summed E-state index contributed by atoms with van der Waals surface area (Å²) in [6.07, 6.45) is 0.407. The number of β-amino-alcohol motifs (C(OH)–C–C–N with tert-alkyl or cyclic N) is 1. The molecule has 1 amide bonds. The van der Waals surface area contributed by atoms with E-state index in [0.717, 1.165) is 22.7 Å². The number of likely N-dealkylation sites (tertiary alicyclic amines) is 1. The van der Waals surface area contributed by atoms with Crippen molar-refractivity contribution >= 4 is 5.91 Å². The SMILES string of the molecule is O=C(Cc1ccc2c(c1)OCO2)N(O)C(CN1CCC(O)C1)c1ccccc1. The number of ether oxygens (including phenoxy) is 2. The number of fused-ring (bicyclic) bond motifs is 1. The van der Waals surface area contributed by atoms with Gasteiger partial charge in [0.2, 0.25) is 6.79 Å². The monoisotopic (exact) mass is 384 g/mol. The molecule has 0 radical (unpaired) electrons. The van der Waals surface area contributed by atoms with Crippen LogP contribution in [0.25, 0.3) is 0 Å². The molecular formula is C21H24N2O5. The van der Waals surface area contributed by atoms with E-state index in [0.29, 0.717) is 31.0 Å². The van der Waals surface area contributed by atoms with Gasteiger partial charge in [-0.1, -0.05) is 36.4 Å². The van der Waals surface area contributed by atoms with Gasteiger partial charge >= 0.3 is 0 Å². The van der Waals surface area contributed by atoms with Gasteiger partial charge in [0.15, 0.2) is 11.5 Å². The number of nitrogens with zero attached hydrogens (tertiary/aromatic N) is 2. The van der Waals surface area contributed by atoms with Crippen molar-refractivity contribution in [1.29, 1.82) is 0 Å². The summed E-state index contributed by atoms with van der Waals surface area (Å²) in [6.45, 7) is 1.93. The highest BCUT2D eigenvalue weighted by molar-refractivity contribution is 5.78. The molecule has 2 aliphatic heterocycles. The smallest absolute Gasteiger partial charge is 0.250 e. The van der Waals surface area contributed by atoms with Crippen LogP contribution in [0.3, 0.4) is 0 Å². The van der Waals surface area contributed by atoms with Gasteiger partial charge in [-0.2, -0.15) is 0 Å². The average Bonchev–Trinajstić information content (AvgIpc) is 3.34. The minimum absolute atomic E-state index is 0.0547. The number of aliphatic hydroxyl groups is 1. The van der Waals surface area contributed by atoms with Gasteiger partial charge in [-0.15, -0.1) is 0 Å². The lowest BCUT2D eigenvalue weighted by atomic mass is 10.0. The lowest BCUT2D eigenvalue weighted by Gasteiger charge is -2.30. The van der Waals surface area contributed by atoms with Crippen molar-refractivity contribution < 1.29 is 24.6 Å². The standard InChI is InChI=1S/C21H24N2O5/c24-17-8-9-22(12-17)13-18(16-4-2-1-3-5-16)23(26)21(25)11-15-6-7-19-20(10-15)28-14-27-19/h1-7,10,17-18,24,26H,8-9,11-14H2. The molecule has 2 heterocycles. The van der Waals surface area contributed by atoms with Gasteiger partial charge < -0.3 is 14.6 Å². The van der Waals surface area contributed by atoms with E-state index in [9.17, 15) is 15.1 Å². The zero-order valence-electron chi connectivity index (χ0n) is 15.5. The molecular weight excluding hydrogens is 360 g/mol. The van der Waals surface area contributed by atoms with Crippen LogP contribution in [-0.4, -0.2) is 58.7 Å². The van der Waals surface area contributed by atoms with Crippen molar-refractivity contribution in [2.24, 2.45) is 0 Å². The number of amides is 1. The first kappa shape index (κ1) is 18.7. The Kier molecular flexibility index (Phi) is 5.47. The third kappa shape index (κ3) is 4.11. The van der Waals surface area contributed by atoms with E-state index in [1.54, 1.807) is 18.2 Å². The first-order chi connectivity index (χ1) is 13.6. The van der Waals surface area contributed by atoms with Gasteiger partial charge in [-0.05, 0) is 29.7 Å². The summed E-state index contributed by atoms with van der Waals surface area (Å²) in [5.41, 5.74) is 1.60. The predicted octanol–water partition coefficient (Wildman–Crippen LogP) is 1.98. The van der Waals surface area contributed by atoms with Crippen molar-refractivity contribution in [3.8, 4) is 11.5 Å². The third-order valence-corrected chi connectivity index (χ3v) is 5.21. The van der Waals surface area contributed by atoms with Gasteiger partial charge in [0.05, 0.1) is 18.6 Å². The maximum Gasteiger partial charge on any atom is 0.250 e. The molecule has 2 unspecified atom stereocenters. The van der Waals surface area contributed by atoms with E-state index in [2.05, 4.69) is 4.90 Å². The van der Waals surface area contributed by atoms with E-state index in [1.807, 2.05) is 30.3 Å². The lowest BCUT2D eigenvalue weighted by Crippen LogP contribution is -2.40. The number of aliphatic hydroxyl groups excluding tert-OH is 1. The van der Waals surface area contributed by atoms with E-state index in [1.165, 1.54) is 0 Å². The maximum atomic E-state index is 12.8. The van der Waals surface area contributed by atoms with Crippen molar-refractivity contribution in [2.45, 2.75) is 25.0 Å².